The molecule has 0 aromatic carbocycles. The molecular formula is C28H44O4. The van der Waals surface area contributed by atoms with Crippen molar-refractivity contribution >= 4 is 5.78 Å². The number of hydrogen-bond donors (Lipinski definition) is 3. The maximum Gasteiger partial charge on any atom is 0.164 e. The number of carbonyl (C=O) groups is 1. The van der Waals surface area contributed by atoms with Crippen molar-refractivity contribution in [2.24, 2.45) is 46.3 Å². The maximum atomic E-state index is 13.2. The monoisotopic (exact) mass is 444 g/mol. The fourth-order valence-corrected chi connectivity index (χ4v) is 8.71. The van der Waals surface area contributed by atoms with Crippen LogP contribution in [0, 0.1) is 46.3 Å². The Hall–Kier alpha value is -0.970. The number of allylic oxidation sites excluding steroid dienone is 2. The molecule has 0 aromatic heterocycles. The third kappa shape index (κ3) is 3.23. The predicted molar refractivity (Wildman–Crippen MR) is 127 cm³/mol. The number of aliphatic hydroxyl groups excluding tert-OH is 2. The van der Waals surface area contributed by atoms with Gasteiger partial charge in [-0.05, 0) is 93.0 Å². The van der Waals surface area contributed by atoms with Crippen LogP contribution in [0.5, 0.6) is 0 Å². The van der Waals surface area contributed by atoms with Crippen LogP contribution < -0.4 is 0 Å². The summed E-state index contributed by atoms with van der Waals surface area (Å²) in [6.45, 7) is 15.2. The number of hydrogen-bond acceptors (Lipinski definition) is 4. The summed E-state index contributed by atoms with van der Waals surface area (Å²) in [5.74, 6) is 1.56. The third-order valence-electron chi connectivity index (χ3n) is 10.8. The van der Waals surface area contributed by atoms with Gasteiger partial charge in [0.1, 0.15) is 5.60 Å². The van der Waals surface area contributed by atoms with E-state index in [9.17, 15) is 20.1 Å². The molecule has 0 aromatic rings. The van der Waals surface area contributed by atoms with Gasteiger partial charge in [0.2, 0.25) is 0 Å². The third-order valence-corrected chi connectivity index (χ3v) is 10.8. The second kappa shape index (κ2) is 8.06. The molecule has 3 N–H and O–H groups in total. The first-order valence-electron chi connectivity index (χ1n) is 12.8. The van der Waals surface area contributed by atoms with E-state index in [2.05, 4.69) is 34.3 Å². The van der Waals surface area contributed by atoms with Gasteiger partial charge in [-0.3, -0.25) is 4.79 Å². The first kappa shape index (κ1) is 24.2. The summed E-state index contributed by atoms with van der Waals surface area (Å²) < 4.78 is 0. The van der Waals surface area contributed by atoms with Gasteiger partial charge in [-0.1, -0.05) is 45.9 Å². The average molecular weight is 445 g/mol. The first-order chi connectivity index (χ1) is 14.9. The lowest BCUT2D eigenvalue weighted by Gasteiger charge is -2.64. The minimum Gasteiger partial charge on any atom is -0.393 e. The maximum absolute atomic E-state index is 13.2. The fourth-order valence-electron chi connectivity index (χ4n) is 8.71. The SMILES string of the molecule is C=C(CCC(C)C1CCC2C3CC(O)C4(O)CC=CC(=O)C4(C)C3C(O)CC12C)C(C)C. The van der Waals surface area contributed by atoms with Gasteiger partial charge in [0.25, 0.3) is 0 Å². The molecule has 0 spiro atoms. The molecule has 0 aliphatic heterocycles. The highest BCUT2D eigenvalue weighted by Gasteiger charge is 2.71. The smallest absolute Gasteiger partial charge is 0.164 e. The largest absolute Gasteiger partial charge is 0.393 e. The first-order valence-corrected chi connectivity index (χ1v) is 12.8. The summed E-state index contributed by atoms with van der Waals surface area (Å²) in [4.78, 5) is 13.2. The van der Waals surface area contributed by atoms with Gasteiger partial charge >= 0.3 is 0 Å². The fraction of sp³-hybridized carbons (Fsp3) is 0.821. The standard InChI is InChI=1S/C28H44O4/c1-16(2)17(3)9-10-18(4)20-11-12-21-19-14-24(31)28(32)13-7-8-23(30)27(28,6)25(19)22(29)15-26(20,21)5/h7-8,16,18-22,24-25,29,31-32H,3,9-15H2,1-2,4-6H3. The zero-order chi connectivity index (χ0) is 23.6. The molecule has 4 rings (SSSR count). The number of aliphatic hydroxyl groups is 3. The highest BCUT2D eigenvalue weighted by atomic mass is 16.3. The Balaban J connectivity index is 1.62. The highest BCUT2D eigenvalue weighted by molar-refractivity contribution is 5.97. The van der Waals surface area contributed by atoms with Crippen molar-refractivity contribution in [3.63, 3.8) is 0 Å². The lowest BCUT2D eigenvalue weighted by Crippen LogP contribution is -2.71. The van der Waals surface area contributed by atoms with Gasteiger partial charge in [-0.25, -0.2) is 0 Å². The number of fused-ring (bicyclic) bond motifs is 5. The molecule has 0 amide bonds. The zero-order valence-corrected chi connectivity index (χ0v) is 20.7. The van der Waals surface area contributed by atoms with Crippen LogP contribution in [0.15, 0.2) is 24.3 Å². The van der Waals surface area contributed by atoms with Crippen LogP contribution in [0.25, 0.3) is 0 Å². The molecule has 3 fully saturated rings. The van der Waals surface area contributed by atoms with Crippen molar-refractivity contribution in [3.05, 3.63) is 24.3 Å². The normalized spacial score (nSPS) is 48.8. The Morgan fingerprint density at radius 3 is 2.56 bits per heavy atom. The molecule has 10 atom stereocenters. The molecular weight excluding hydrogens is 400 g/mol. The predicted octanol–water partition coefficient (Wildman–Crippen LogP) is 4.68. The van der Waals surface area contributed by atoms with Crippen LogP contribution in [0.4, 0.5) is 0 Å². The summed E-state index contributed by atoms with van der Waals surface area (Å²) in [6.07, 6.45) is 7.48. The highest BCUT2D eigenvalue weighted by Crippen LogP contribution is 2.68. The minimum atomic E-state index is -1.49. The van der Waals surface area contributed by atoms with E-state index in [1.165, 1.54) is 5.57 Å². The summed E-state index contributed by atoms with van der Waals surface area (Å²) in [6, 6.07) is 0. The van der Waals surface area contributed by atoms with E-state index in [0.717, 1.165) is 25.7 Å². The van der Waals surface area contributed by atoms with E-state index in [1.807, 2.05) is 0 Å². The molecule has 10 unspecified atom stereocenters. The molecule has 4 nitrogen and oxygen atoms in total. The summed E-state index contributed by atoms with van der Waals surface area (Å²) in [5, 5.41) is 34.2. The molecule has 0 saturated heterocycles. The number of ketones is 1. The van der Waals surface area contributed by atoms with E-state index >= 15 is 0 Å². The van der Waals surface area contributed by atoms with Crippen molar-refractivity contribution in [2.45, 2.75) is 97.4 Å². The molecule has 4 heteroatoms. The number of rotatable bonds is 5. The van der Waals surface area contributed by atoms with Gasteiger partial charge < -0.3 is 15.3 Å². The van der Waals surface area contributed by atoms with Crippen LogP contribution in [0.1, 0.15) is 79.6 Å². The van der Waals surface area contributed by atoms with Crippen molar-refractivity contribution in [3.8, 4) is 0 Å². The van der Waals surface area contributed by atoms with E-state index in [0.29, 0.717) is 36.5 Å². The van der Waals surface area contributed by atoms with Crippen molar-refractivity contribution in [2.75, 3.05) is 0 Å². The molecule has 32 heavy (non-hydrogen) atoms. The molecule has 3 saturated carbocycles. The molecule has 4 aliphatic rings. The number of carbonyl (C=O) groups excluding carboxylic acids is 1. The van der Waals surface area contributed by atoms with Crippen LogP contribution in [-0.2, 0) is 4.79 Å². The van der Waals surface area contributed by atoms with Gasteiger partial charge in [-0.2, -0.15) is 0 Å². The Bertz CT molecular complexity index is 801. The molecule has 4 aliphatic carbocycles. The van der Waals surface area contributed by atoms with Crippen molar-refractivity contribution < 1.29 is 20.1 Å². The molecule has 0 heterocycles. The Morgan fingerprint density at radius 2 is 1.91 bits per heavy atom. The molecule has 180 valence electrons. The van der Waals surface area contributed by atoms with Crippen LogP contribution in [-0.4, -0.2) is 38.9 Å². The summed E-state index contributed by atoms with van der Waals surface area (Å²) in [7, 11) is 0. The topological polar surface area (TPSA) is 77.8 Å². The van der Waals surface area contributed by atoms with Crippen LogP contribution in [0.2, 0.25) is 0 Å². The lowest BCUT2D eigenvalue weighted by atomic mass is 9.42. The lowest BCUT2D eigenvalue weighted by molar-refractivity contribution is -0.251. The zero-order valence-electron chi connectivity index (χ0n) is 20.7. The van der Waals surface area contributed by atoms with Gasteiger partial charge in [-0.15, -0.1) is 0 Å². The summed E-state index contributed by atoms with van der Waals surface area (Å²) >= 11 is 0. The van der Waals surface area contributed by atoms with Crippen molar-refractivity contribution in [1.29, 1.82) is 0 Å². The minimum absolute atomic E-state index is 0.00173. The van der Waals surface area contributed by atoms with Crippen LogP contribution >= 0.6 is 0 Å². The Morgan fingerprint density at radius 1 is 1.22 bits per heavy atom. The van der Waals surface area contributed by atoms with E-state index in [4.69, 9.17) is 0 Å². The van der Waals surface area contributed by atoms with Gasteiger partial charge in [0, 0.05) is 5.92 Å². The van der Waals surface area contributed by atoms with Gasteiger partial charge in [0.05, 0.1) is 17.6 Å². The average Bonchev–Trinajstić information content (AvgIpc) is 3.05. The van der Waals surface area contributed by atoms with E-state index in [1.54, 1.807) is 19.1 Å². The Labute approximate surface area is 194 Å². The van der Waals surface area contributed by atoms with Crippen molar-refractivity contribution in [1.82, 2.24) is 0 Å². The van der Waals surface area contributed by atoms with Gasteiger partial charge in [0.15, 0.2) is 5.78 Å². The van der Waals surface area contributed by atoms with E-state index in [-0.39, 0.29) is 29.5 Å². The Kier molecular flexibility index (Phi) is 6.09. The second-order valence-corrected chi connectivity index (χ2v) is 12.4. The van der Waals surface area contributed by atoms with E-state index < -0.39 is 23.2 Å². The molecule has 0 radical (unpaired) electrons. The van der Waals surface area contributed by atoms with Crippen LogP contribution in [0.3, 0.4) is 0 Å². The second-order valence-electron chi connectivity index (χ2n) is 12.4. The molecule has 0 bridgehead atoms. The quantitative estimate of drug-likeness (QED) is 0.538. The summed E-state index contributed by atoms with van der Waals surface area (Å²) in [5.41, 5.74) is -1.31.